The number of nitrogens with zero attached hydrogens (tertiary/aromatic N) is 2. The number of carbonyl (C=O) groups is 2. The van der Waals surface area contributed by atoms with Crippen LogP contribution in [0.4, 0.5) is 10.1 Å². The average Bonchev–Trinajstić information content (AvgIpc) is 2.73. The van der Waals surface area contributed by atoms with Gasteiger partial charge in [0, 0.05) is 18.7 Å². The van der Waals surface area contributed by atoms with E-state index < -0.39 is 11.9 Å². The van der Waals surface area contributed by atoms with Crippen LogP contribution in [-0.4, -0.2) is 55.7 Å². The van der Waals surface area contributed by atoms with Gasteiger partial charge in [-0.25, -0.2) is 4.39 Å². The number of para-hydroxylation sites is 2. The molecule has 1 saturated heterocycles. The molecule has 0 radical (unpaired) electrons. The lowest BCUT2D eigenvalue weighted by Gasteiger charge is -2.37. The molecule has 0 saturated carbocycles. The van der Waals surface area contributed by atoms with E-state index in [1.807, 2.05) is 0 Å². The predicted molar refractivity (Wildman–Crippen MR) is 96.3 cm³/mol. The molecule has 0 bridgehead atoms. The third-order valence-electron chi connectivity index (χ3n) is 4.71. The highest BCUT2D eigenvalue weighted by molar-refractivity contribution is 6.07. The lowest BCUT2D eigenvalue weighted by molar-refractivity contribution is -0.142. The fourth-order valence-electron chi connectivity index (χ4n) is 3.29. The second-order valence-corrected chi connectivity index (χ2v) is 6.43. The summed E-state index contributed by atoms with van der Waals surface area (Å²) in [5, 5.41) is 0. The van der Waals surface area contributed by atoms with Crippen LogP contribution in [0.2, 0.25) is 0 Å². The summed E-state index contributed by atoms with van der Waals surface area (Å²) in [6.07, 6.45) is -0.789. The number of carbonyl (C=O) groups excluding carboxylic acids is 2. The topological polar surface area (TPSA) is 59.1 Å². The van der Waals surface area contributed by atoms with Gasteiger partial charge in [-0.1, -0.05) is 12.1 Å². The smallest absolute Gasteiger partial charge is 0.265 e. The highest BCUT2D eigenvalue weighted by atomic mass is 19.1. The van der Waals surface area contributed by atoms with Crippen LogP contribution in [0.15, 0.2) is 48.5 Å². The second-order valence-electron chi connectivity index (χ2n) is 6.43. The maximum atomic E-state index is 13.2. The van der Waals surface area contributed by atoms with Gasteiger partial charge in [0.25, 0.3) is 11.8 Å². The summed E-state index contributed by atoms with van der Waals surface area (Å²) >= 11 is 0. The zero-order valence-corrected chi connectivity index (χ0v) is 14.6. The second kappa shape index (κ2) is 7.36. The Kier molecular flexibility index (Phi) is 4.77. The summed E-state index contributed by atoms with van der Waals surface area (Å²) in [5.74, 6) is -0.393. The van der Waals surface area contributed by atoms with Gasteiger partial charge in [0.2, 0.25) is 0 Å². The molecule has 2 aromatic carbocycles. The van der Waals surface area contributed by atoms with Gasteiger partial charge in [-0.15, -0.1) is 0 Å². The first-order valence-corrected chi connectivity index (χ1v) is 8.83. The standard InChI is InChI=1S/C20H19FN2O4/c21-15-7-5-14(6-8-15)19(24)23-13-18(20(25)22-9-11-26-12-10-22)27-17-4-2-1-3-16(17)23/h1-8,18H,9-13H2/t18-/m1/s1. The van der Waals surface area contributed by atoms with Crippen molar-refractivity contribution in [3.63, 3.8) is 0 Å². The predicted octanol–water partition coefficient (Wildman–Crippen LogP) is 2.09. The molecule has 0 aliphatic carbocycles. The molecule has 2 amide bonds. The molecule has 6 nitrogen and oxygen atoms in total. The minimum atomic E-state index is -0.789. The van der Waals surface area contributed by atoms with Crippen LogP contribution >= 0.6 is 0 Å². The van der Waals surface area contributed by atoms with E-state index in [0.717, 1.165) is 0 Å². The average molecular weight is 370 g/mol. The monoisotopic (exact) mass is 370 g/mol. The fraction of sp³-hybridized carbons (Fsp3) is 0.300. The molecule has 0 aromatic heterocycles. The molecule has 7 heteroatoms. The number of hydrogen-bond donors (Lipinski definition) is 0. The highest BCUT2D eigenvalue weighted by Gasteiger charge is 2.36. The van der Waals surface area contributed by atoms with E-state index in [1.165, 1.54) is 29.2 Å². The maximum Gasteiger partial charge on any atom is 0.265 e. The minimum absolute atomic E-state index is 0.101. The first-order valence-electron chi connectivity index (χ1n) is 8.83. The fourth-order valence-corrected chi connectivity index (χ4v) is 3.29. The van der Waals surface area contributed by atoms with E-state index in [1.54, 1.807) is 29.2 Å². The molecule has 1 atom stereocenters. The molecule has 2 aliphatic rings. The molecular formula is C20H19FN2O4. The maximum absolute atomic E-state index is 13.2. The Morgan fingerprint density at radius 1 is 1.00 bits per heavy atom. The van der Waals surface area contributed by atoms with Gasteiger partial charge >= 0.3 is 0 Å². The first-order chi connectivity index (χ1) is 13.1. The number of fused-ring (bicyclic) bond motifs is 1. The number of halogens is 1. The summed E-state index contributed by atoms with van der Waals surface area (Å²) in [6, 6.07) is 12.5. The van der Waals surface area contributed by atoms with Crippen LogP contribution in [-0.2, 0) is 9.53 Å². The van der Waals surface area contributed by atoms with E-state index in [-0.39, 0.29) is 18.4 Å². The van der Waals surface area contributed by atoms with Crippen molar-refractivity contribution in [1.29, 1.82) is 0 Å². The highest BCUT2D eigenvalue weighted by Crippen LogP contribution is 2.34. The summed E-state index contributed by atoms with van der Waals surface area (Å²) in [5.41, 5.74) is 0.948. The third-order valence-corrected chi connectivity index (χ3v) is 4.71. The molecule has 27 heavy (non-hydrogen) atoms. The van der Waals surface area contributed by atoms with Crippen LogP contribution in [0, 0.1) is 5.82 Å². The van der Waals surface area contributed by atoms with Crippen molar-refractivity contribution in [2.45, 2.75) is 6.10 Å². The van der Waals surface area contributed by atoms with E-state index in [9.17, 15) is 14.0 Å². The SMILES string of the molecule is O=C([C@H]1CN(C(=O)c2ccc(F)cc2)c2ccccc2O1)N1CCOCC1. The van der Waals surface area contributed by atoms with Crippen molar-refractivity contribution in [1.82, 2.24) is 4.90 Å². The minimum Gasteiger partial charge on any atom is -0.476 e. The number of amides is 2. The van der Waals surface area contributed by atoms with Gasteiger partial charge in [-0.05, 0) is 36.4 Å². The molecule has 2 aliphatic heterocycles. The Bertz CT molecular complexity index is 849. The molecule has 0 N–H and O–H groups in total. The Hall–Kier alpha value is -2.93. The number of anilines is 1. The molecule has 1 fully saturated rings. The number of benzene rings is 2. The van der Waals surface area contributed by atoms with Gasteiger partial charge in [-0.2, -0.15) is 0 Å². The van der Waals surface area contributed by atoms with Gasteiger partial charge in [0.1, 0.15) is 11.6 Å². The van der Waals surface area contributed by atoms with Gasteiger partial charge < -0.3 is 19.3 Å². The quantitative estimate of drug-likeness (QED) is 0.812. The van der Waals surface area contributed by atoms with Crippen LogP contribution < -0.4 is 9.64 Å². The summed E-state index contributed by atoms with van der Waals surface area (Å²) in [6.45, 7) is 2.10. The van der Waals surface area contributed by atoms with Crippen molar-refractivity contribution < 1.29 is 23.5 Å². The lowest BCUT2D eigenvalue weighted by atomic mass is 10.1. The third kappa shape index (κ3) is 3.50. The van der Waals surface area contributed by atoms with Crippen molar-refractivity contribution in [3.8, 4) is 5.75 Å². The van der Waals surface area contributed by atoms with Crippen LogP contribution in [0.3, 0.4) is 0 Å². The molecular weight excluding hydrogens is 351 g/mol. The van der Waals surface area contributed by atoms with Gasteiger partial charge in [0.05, 0.1) is 25.4 Å². The number of hydrogen-bond acceptors (Lipinski definition) is 4. The van der Waals surface area contributed by atoms with Crippen molar-refractivity contribution in [3.05, 3.63) is 59.9 Å². The number of rotatable bonds is 2. The molecule has 2 aromatic rings. The van der Waals surface area contributed by atoms with Crippen molar-refractivity contribution in [2.24, 2.45) is 0 Å². The molecule has 2 heterocycles. The largest absolute Gasteiger partial charge is 0.476 e. The van der Waals surface area contributed by atoms with Crippen LogP contribution in [0.25, 0.3) is 0 Å². The van der Waals surface area contributed by atoms with E-state index in [0.29, 0.717) is 43.3 Å². The zero-order valence-electron chi connectivity index (χ0n) is 14.6. The summed E-state index contributed by atoms with van der Waals surface area (Å²) in [4.78, 5) is 29.1. The normalized spacial score (nSPS) is 19.2. The van der Waals surface area contributed by atoms with E-state index in [4.69, 9.17) is 9.47 Å². The van der Waals surface area contributed by atoms with Crippen LogP contribution in [0.5, 0.6) is 5.75 Å². The Labute approximate surface area is 156 Å². The van der Waals surface area contributed by atoms with Gasteiger partial charge in [0.15, 0.2) is 6.10 Å². The number of morpholine rings is 1. The molecule has 0 unspecified atom stereocenters. The van der Waals surface area contributed by atoms with Crippen molar-refractivity contribution in [2.75, 3.05) is 37.7 Å². The van der Waals surface area contributed by atoms with Gasteiger partial charge in [-0.3, -0.25) is 9.59 Å². The lowest BCUT2D eigenvalue weighted by Crippen LogP contribution is -2.54. The Morgan fingerprint density at radius 2 is 1.70 bits per heavy atom. The number of ether oxygens (including phenoxy) is 2. The Balaban J connectivity index is 1.62. The molecule has 140 valence electrons. The van der Waals surface area contributed by atoms with Crippen molar-refractivity contribution >= 4 is 17.5 Å². The zero-order chi connectivity index (χ0) is 18.8. The van der Waals surface area contributed by atoms with E-state index in [2.05, 4.69) is 0 Å². The first kappa shape index (κ1) is 17.5. The summed E-state index contributed by atoms with van der Waals surface area (Å²) in [7, 11) is 0. The Morgan fingerprint density at radius 3 is 2.44 bits per heavy atom. The van der Waals surface area contributed by atoms with E-state index >= 15 is 0 Å². The molecule has 0 spiro atoms. The molecule has 4 rings (SSSR count). The summed E-state index contributed by atoms with van der Waals surface area (Å²) < 4.78 is 24.4. The van der Waals surface area contributed by atoms with Crippen LogP contribution in [0.1, 0.15) is 10.4 Å².